The molecule has 1 saturated heterocycles. The maximum absolute atomic E-state index is 12.0. The van der Waals surface area contributed by atoms with Gasteiger partial charge < -0.3 is 16.4 Å². The molecule has 2 rings (SSSR count). The van der Waals surface area contributed by atoms with E-state index < -0.39 is 6.04 Å². The zero-order chi connectivity index (χ0) is 15.4. The third kappa shape index (κ3) is 3.59. The second-order valence-electron chi connectivity index (χ2n) is 4.95. The van der Waals surface area contributed by atoms with Crippen molar-refractivity contribution in [3.63, 3.8) is 0 Å². The summed E-state index contributed by atoms with van der Waals surface area (Å²) in [5.41, 5.74) is 5.67. The molecule has 0 radical (unpaired) electrons. The zero-order valence-corrected chi connectivity index (χ0v) is 12.2. The highest BCUT2D eigenvalue weighted by atomic mass is 16.2. The average molecular weight is 292 g/mol. The molecular weight excluding hydrogens is 272 g/mol. The van der Waals surface area contributed by atoms with E-state index in [9.17, 15) is 9.59 Å². The van der Waals surface area contributed by atoms with Crippen LogP contribution in [0.3, 0.4) is 0 Å². The molecule has 2 amide bonds. The molecule has 21 heavy (non-hydrogen) atoms. The minimum atomic E-state index is -0.471. The van der Waals surface area contributed by atoms with Gasteiger partial charge in [-0.15, -0.1) is 0 Å². The maximum Gasteiger partial charge on any atom is 0.251 e. The Balaban J connectivity index is 2.10. The van der Waals surface area contributed by atoms with Crippen LogP contribution in [0.15, 0.2) is 6.07 Å². The van der Waals surface area contributed by atoms with Gasteiger partial charge in [0.05, 0.1) is 0 Å². The summed E-state index contributed by atoms with van der Waals surface area (Å²) < 4.78 is 0. The summed E-state index contributed by atoms with van der Waals surface area (Å²) in [5.74, 6) is 0.796. The van der Waals surface area contributed by atoms with Crippen LogP contribution in [0.25, 0.3) is 0 Å². The Kier molecular flexibility index (Phi) is 4.56. The summed E-state index contributed by atoms with van der Waals surface area (Å²) in [6, 6.07) is 1.23. The first-order chi connectivity index (χ1) is 10.0. The van der Waals surface area contributed by atoms with Crippen molar-refractivity contribution in [2.45, 2.75) is 32.2 Å². The lowest BCUT2D eigenvalue weighted by Crippen LogP contribution is -2.48. The molecule has 114 valence electrons. The molecule has 1 aromatic heterocycles. The van der Waals surface area contributed by atoms with Gasteiger partial charge in [0.15, 0.2) is 0 Å². The van der Waals surface area contributed by atoms with Gasteiger partial charge in [-0.2, -0.15) is 9.97 Å². The third-order valence-electron chi connectivity index (χ3n) is 3.27. The highest BCUT2D eigenvalue weighted by molar-refractivity contribution is 6.01. The van der Waals surface area contributed by atoms with Crippen molar-refractivity contribution in [3.8, 4) is 0 Å². The maximum atomic E-state index is 12.0. The molecule has 0 saturated carbocycles. The molecule has 8 heteroatoms. The number of hydrogen-bond donors (Lipinski definition) is 3. The van der Waals surface area contributed by atoms with E-state index in [-0.39, 0.29) is 17.8 Å². The fourth-order valence-electron chi connectivity index (χ4n) is 2.11. The summed E-state index contributed by atoms with van der Waals surface area (Å²) in [6.07, 6.45) is 1.74. The van der Waals surface area contributed by atoms with Crippen molar-refractivity contribution >= 4 is 29.4 Å². The number of piperidine rings is 1. The van der Waals surface area contributed by atoms with E-state index in [1.165, 1.54) is 7.05 Å². The van der Waals surface area contributed by atoms with Gasteiger partial charge in [0.2, 0.25) is 11.9 Å². The quantitative estimate of drug-likeness (QED) is 0.675. The van der Waals surface area contributed by atoms with Crippen molar-refractivity contribution in [1.29, 1.82) is 0 Å². The number of nitrogen functional groups attached to an aromatic ring is 1. The number of anilines is 3. The number of imide groups is 1. The summed E-state index contributed by atoms with van der Waals surface area (Å²) >= 11 is 0. The second kappa shape index (κ2) is 6.38. The number of nitrogens with zero attached hydrogens (tertiary/aromatic N) is 3. The fraction of sp³-hybridized carbons (Fsp3) is 0.538. The molecule has 0 spiro atoms. The molecule has 4 N–H and O–H groups in total. The number of hydrogen-bond acceptors (Lipinski definition) is 7. The molecule has 1 aliphatic heterocycles. The van der Waals surface area contributed by atoms with E-state index >= 15 is 0 Å². The van der Waals surface area contributed by atoms with Gasteiger partial charge in [0.25, 0.3) is 5.91 Å². The van der Waals surface area contributed by atoms with Gasteiger partial charge in [0, 0.05) is 26.1 Å². The number of aromatic nitrogens is 2. The third-order valence-corrected chi connectivity index (χ3v) is 3.27. The minimum Gasteiger partial charge on any atom is -0.370 e. The van der Waals surface area contributed by atoms with Crippen LogP contribution in [0.2, 0.25) is 0 Å². The van der Waals surface area contributed by atoms with Crippen LogP contribution in [0.5, 0.6) is 0 Å². The molecule has 1 unspecified atom stereocenters. The van der Waals surface area contributed by atoms with Crippen LogP contribution in [0.1, 0.15) is 26.2 Å². The standard InChI is InChI=1S/C13H20N6O2/c1-3-6-15-9-7-10(18-13(14)17-9)16-8-4-5-11(20)19(2)12(8)21/h7-8H,3-6H2,1-2H3,(H4,14,15,16,17,18). The summed E-state index contributed by atoms with van der Waals surface area (Å²) in [7, 11) is 1.49. The monoisotopic (exact) mass is 292 g/mol. The SMILES string of the molecule is CCCNc1cc(NC2CCC(=O)N(C)C2=O)nc(N)n1. The van der Waals surface area contributed by atoms with Crippen LogP contribution < -0.4 is 16.4 Å². The van der Waals surface area contributed by atoms with Gasteiger partial charge in [-0.05, 0) is 12.8 Å². The average Bonchev–Trinajstić information content (AvgIpc) is 2.45. The van der Waals surface area contributed by atoms with Crippen LogP contribution in [0.4, 0.5) is 17.6 Å². The topological polar surface area (TPSA) is 113 Å². The minimum absolute atomic E-state index is 0.131. The molecule has 8 nitrogen and oxygen atoms in total. The Bertz CT molecular complexity index is 547. The molecule has 0 aliphatic carbocycles. The largest absolute Gasteiger partial charge is 0.370 e. The molecule has 0 aromatic carbocycles. The summed E-state index contributed by atoms with van der Waals surface area (Å²) in [5, 5.41) is 6.14. The van der Waals surface area contributed by atoms with Gasteiger partial charge >= 0.3 is 0 Å². The Morgan fingerprint density at radius 3 is 2.81 bits per heavy atom. The van der Waals surface area contributed by atoms with E-state index in [2.05, 4.69) is 20.6 Å². The highest BCUT2D eigenvalue weighted by Crippen LogP contribution is 2.18. The number of nitrogens with two attached hydrogens (primary N) is 1. The summed E-state index contributed by atoms with van der Waals surface area (Å²) in [4.78, 5) is 32.8. The Morgan fingerprint density at radius 2 is 2.10 bits per heavy atom. The van der Waals surface area contributed by atoms with Crippen LogP contribution in [0, 0.1) is 0 Å². The van der Waals surface area contributed by atoms with E-state index in [4.69, 9.17) is 5.73 Å². The predicted octanol–water partition coefficient (Wildman–Crippen LogP) is 0.440. The Hall–Kier alpha value is -2.38. The van der Waals surface area contributed by atoms with E-state index in [0.717, 1.165) is 17.9 Å². The van der Waals surface area contributed by atoms with Crippen molar-refractivity contribution in [2.24, 2.45) is 0 Å². The highest BCUT2D eigenvalue weighted by Gasteiger charge is 2.31. The first kappa shape index (κ1) is 15.0. The molecule has 0 bridgehead atoms. The number of likely N-dealkylation sites (tertiary alicyclic amines) is 1. The number of carbonyl (C=O) groups excluding carboxylic acids is 2. The van der Waals surface area contributed by atoms with Gasteiger partial charge in [-0.1, -0.05) is 6.92 Å². The Labute approximate surface area is 123 Å². The van der Waals surface area contributed by atoms with E-state index in [1.807, 2.05) is 6.92 Å². The molecule has 1 aliphatic rings. The fourth-order valence-corrected chi connectivity index (χ4v) is 2.11. The predicted molar refractivity (Wildman–Crippen MR) is 79.6 cm³/mol. The summed E-state index contributed by atoms with van der Waals surface area (Å²) in [6.45, 7) is 2.82. The number of rotatable bonds is 5. The molecule has 2 heterocycles. The Morgan fingerprint density at radius 1 is 1.38 bits per heavy atom. The van der Waals surface area contributed by atoms with Crippen molar-refractivity contribution in [2.75, 3.05) is 30.0 Å². The van der Waals surface area contributed by atoms with Crippen LogP contribution in [-0.4, -0.2) is 46.3 Å². The van der Waals surface area contributed by atoms with Crippen LogP contribution in [-0.2, 0) is 9.59 Å². The van der Waals surface area contributed by atoms with Crippen LogP contribution >= 0.6 is 0 Å². The first-order valence-corrected chi connectivity index (χ1v) is 6.96. The lowest BCUT2D eigenvalue weighted by atomic mass is 10.0. The first-order valence-electron chi connectivity index (χ1n) is 6.96. The molecule has 1 atom stereocenters. The molecular formula is C13H20N6O2. The molecule has 1 fully saturated rings. The van der Waals surface area contributed by atoms with Crippen molar-refractivity contribution in [3.05, 3.63) is 6.07 Å². The lowest BCUT2D eigenvalue weighted by Gasteiger charge is -2.28. The van der Waals surface area contributed by atoms with Gasteiger partial charge in [-0.25, -0.2) is 0 Å². The number of nitrogens with one attached hydrogen (secondary N) is 2. The van der Waals surface area contributed by atoms with E-state index in [1.54, 1.807) is 6.07 Å². The lowest BCUT2D eigenvalue weighted by molar-refractivity contribution is -0.146. The zero-order valence-electron chi connectivity index (χ0n) is 12.2. The van der Waals surface area contributed by atoms with Gasteiger partial charge in [0.1, 0.15) is 17.7 Å². The molecule has 1 aromatic rings. The number of carbonyl (C=O) groups is 2. The smallest absolute Gasteiger partial charge is 0.251 e. The number of amides is 2. The second-order valence-corrected chi connectivity index (χ2v) is 4.95. The van der Waals surface area contributed by atoms with Crippen molar-refractivity contribution in [1.82, 2.24) is 14.9 Å². The van der Waals surface area contributed by atoms with E-state index in [0.29, 0.717) is 24.5 Å². The van der Waals surface area contributed by atoms with Crippen molar-refractivity contribution < 1.29 is 9.59 Å². The normalized spacial score (nSPS) is 18.8. The number of likely N-dealkylation sites (N-methyl/N-ethyl adjacent to an activating group) is 1. The van der Waals surface area contributed by atoms with Gasteiger partial charge in [-0.3, -0.25) is 14.5 Å².